The van der Waals surface area contributed by atoms with Crippen LogP contribution >= 0.6 is 7.82 Å². The van der Waals surface area contributed by atoms with Crippen LogP contribution in [0.25, 0.3) is 0 Å². The molecule has 3 N–H and O–H groups in total. The fourth-order valence-corrected chi connectivity index (χ4v) is 3.17. The molecule has 30 heavy (non-hydrogen) atoms. The van der Waals surface area contributed by atoms with Crippen LogP contribution in [0.3, 0.4) is 0 Å². The van der Waals surface area contributed by atoms with E-state index < -0.39 is 75.8 Å². The Kier molecular flexibility index (Phi) is 8.29. The summed E-state index contributed by atoms with van der Waals surface area (Å²) in [5.41, 5.74) is -1.57. The van der Waals surface area contributed by atoms with Crippen LogP contribution in [0, 0.1) is 5.92 Å². The Hall–Kier alpha value is -2.09. The van der Waals surface area contributed by atoms with E-state index in [0.717, 1.165) is 16.8 Å². The molecule has 1 aromatic rings. The van der Waals surface area contributed by atoms with Crippen molar-refractivity contribution in [3.05, 3.63) is 33.1 Å². The maximum absolute atomic E-state index is 13.4. The van der Waals surface area contributed by atoms with Gasteiger partial charge in [-0.05, 0) is 13.8 Å². The third-order valence-electron chi connectivity index (χ3n) is 3.95. The zero-order valence-corrected chi connectivity index (χ0v) is 16.9. The van der Waals surface area contributed by atoms with Crippen molar-refractivity contribution in [2.24, 2.45) is 5.92 Å². The molecule has 1 unspecified atom stereocenters. The monoisotopic (exact) mass is 456 g/mol. The van der Waals surface area contributed by atoms with Gasteiger partial charge in [0.1, 0.15) is 6.10 Å². The molecule has 2 heterocycles. The number of aliphatic hydroxyl groups is 1. The largest absolute Gasteiger partial charge is 0.510 e. The Morgan fingerprint density at radius 1 is 1.40 bits per heavy atom. The van der Waals surface area contributed by atoms with E-state index in [2.05, 4.69) is 14.0 Å². The van der Waals surface area contributed by atoms with E-state index >= 15 is 0 Å². The molecule has 0 aromatic carbocycles. The third kappa shape index (κ3) is 6.45. The lowest BCUT2D eigenvalue weighted by molar-refractivity contribution is -0.0579. The van der Waals surface area contributed by atoms with Gasteiger partial charge in [0.2, 0.25) is 6.79 Å². The number of nitrogens with one attached hydrogen (secondary N) is 1. The van der Waals surface area contributed by atoms with Crippen LogP contribution in [0.2, 0.25) is 0 Å². The standard InChI is InChI=1S/C15H22FN2O11P/c1-8(2)28-15(22)25-7-27-30(23,24)26-6-10-9(5-16)12(20)13(29-10)18-4-3-11(19)17-14(18)21/h3-4,8-10,12-13,20H,5-7H2,1-2H3,(H,23,24)(H,17,19,21)/t9-,10-,12-,13-/m1/s1. The number of hydrogen-bond donors (Lipinski definition) is 3. The maximum Gasteiger partial charge on any atom is 0.510 e. The predicted octanol–water partition coefficient (Wildman–Crippen LogP) is 0.0333. The van der Waals surface area contributed by atoms with Gasteiger partial charge in [-0.25, -0.2) is 18.7 Å². The summed E-state index contributed by atoms with van der Waals surface area (Å²) in [6.45, 7) is 0.395. The number of phosphoric acid groups is 1. The molecule has 0 aliphatic carbocycles. The molecule has 1 aromatic heterocycles. The second kappa shape index (κ2) is 10.3. The summed E-state index contributed by atoms with van der Waals surface area (Å²) in [7, 11) is -4.73. The SMILES string of the molecule is CC(C)OC(=O)OCOP(=O)(O)OC[C@H]1O[C@@H](n2ccc(=O)[nH]c2=O)[C@H](O)[C@@H]1CF. The highest BCUT2D eigenvalue weighted by molar-refractivity contribution is 7.47. The van der Waals surface area contributed by atoms with Crippen molar-refractivity contribution in [3.63, 3.8) is 0 Å². The van der Waals surface area contributed by atoms with Gasteiger partial charge in [0, 0.05) is 18.2 Å². The smallest absolute Gasteiger partial charge is 0.432 e. The summed E-state index contributed by atoms with van der Waals surface area (Å²) in [6.07, 6.45) is -4.65. The fourth-order valence-electron chi connectivity index (χ4n) is 2.58. The van der Waals surface area contributed by atoms with Gasteiger partial charge in [0.25, 0.3) is 5.56 Å². The minimum Gasteiger partial charge on any atom is -0.432 e. The molecule has 0 amide bonds. The Morgan fingerprint density at radius 2 is 2.10 bits per heavy atom. The quantitative estimate of drug-likeness (QED) is 0.260. The zero-order valence-electron chi connectivity index (χ0n) is 16.0. The van der Waals surface area contributed by atoms with E-state index in [-0.39, 0.29) is 0 Å². The van der Waals surface area contributed by atoms with E-state index in [0.29, 0.717) is 0 Å². The minimum absolute atomic E-state index is 0.471. The topological polar surface area (TPSA) is 176 Å². The molecule has 1 fully saturated rings. The average Bonchev–Trinajstić information content (AvgIpc) is 2.95. The number of aromatic nitrogens is 2. The van der Waals surface area contributed by atoms with Crippen molar-refractivity contribution >= 4 is 14.0 Å². The molecular weight excluding hydrogens is 434 g/mol. The lowest BCUT2D eigenvalue weighted by Gasteiger charge is -2.18. The Morgan fingerprint density at radius 3 is 2.70 bits per heavy atom. The number of hydrogen-bond acceptors (Lipinski definition) is 10. The van der Waals surface area contributed by atoms with Crippen LogP contribution in [0.15, 0.2) is 21.9 Å². The first kappa shape index (κ1) is 24.2. The number of carbonyl (C=O) groups excluding carboxylic acids is 1. The molecular formula is C15H22FN2O11P. The first-order chi connectivity index (χ1) is 14.0. The van der Waals surface area contributed by atoms with Crippen LogP contribution in [-0.4, -0.2) is 64.1 Å². The summed E-state index contributed by atoms with van der Waals surface area (Å²) in [6, 6.07) is 1.01. The van der Waals surface area contributed by atoms with E-state index in [1.54, 1.807) is 13.8 Å². The lowest BCUT2D eigenvalue weighted by atomic mass is 10.00. The lowest BCUT2D eigenvalue weighted by Crippen LogP contribution is -2.36. The molecule has 13 nitrogen and oxygen atoms in total. The second-order valence-electron chi connectivity index (χ2n) is 6.46. The molecule has 0 saturated carbocycles. The summed E-state index contributed by atoms with van der Waals surface area (Å²) >= 11 is 0. The summed E-state index contributed by atoms with van der Waals surface area (Å²) < 4.78 is 49.7. The molecule has 1 aliphatic rings. The number of alkyl halides is 1. The van der Waals surface area contributed by atoms with E-state index in [4.69, 9.17) is 9.26 Å². The fraction of sp³-hybridized carbons (Fsp3) is 0.667. The average molecular weight is 456 g/mol. The second-order valence-corrected chi connectivity index (χ2v) is 7.92. The number of nitrogens with zero attached hydrogens (tertiary/aromatic N) is 1. The summed E-state index contributed by atoms with van der Waals surface area (Å²) in [5, 5.41) is 10.3. The molecule has 2 rings (SSSR count). The number of rotatable bonds is 9. The van der Waals surface area contributed by atoms with Crippen LogP contribution in [0.1, 0.15) is 20.1 Å². The van der Waals surface area contributed by atoms with E-state index in [1.165, 1.54) is 0 Å². The Labute approximate surface area is 168 Å². The molecule has 0 spiro atoms. The van der Waals surface area contributed by atoms with Crippen molar-refractivity contribution < 1.29 is 47.0 Å². The minimum atomic E-state index is -4.73. The Bertz CT molecular complexity index is 888. The summed E-state index contributed by atoms with van der Waals surface area (Å²) in [5.74, 6) is -1.20. The number of H-pyrrole nitrogens is 1. The first-order valence-electron chi connectivity index (χ1n) is 8.70. The van der Waals surface area contributed by atoms with Crippen molar-refractivity contribution in [1.29, 1.82) is 0 Å². The predicted molar refractivity (Wildman–Crippen MR) is 95.1 cm³/mol. The zero-order chi connectivity index (χ0) is 22.5. The number of aromatic amines is 1. The molecule has 1 saturated heterocycles. The number of ether oxygens (including phenoxy) is 3. The third-order valence-corrected chi connectivity index (χ3v) is 4.86. The molecule has 0 radical (unpaired) electrons. The van der Waals surface area contributed by atoms with Gasteiger partial charge in [-0.3, -0.25) is 23.3 Å². The van der Waals surface area contributed by atoms with Crippen LogP contribution < -0.4 is 11.2 Å². The molecule has 15 heteroatoms. The van der Waals surface area contributed by atoms with Crippen LogP contribution in [-0.2, 0) is 27.8 Å². The first-order valence-corrected chi connectivity index (χ1v) is 10.2. The highest BCUT2D eigenvalue weighted by Gasteiger charge is 2.46. The van der Waals surface area contributed by atoms with Gasteiger partial charge in [-0.2, -0.15) is 0 Å². The number of phosphoric ester groups is 1. The molecule has 5 atom stereocenters. The van der Waals surface area contributed by atoms with Gasteiger partial charge >= 0.3 is 19.7 Å². The van der Waals surface area contributed by atoms with Crippen molar-refractivity contribution in [3.8, 4) is 0 Å². The number of carbonyl (C=O) groups is 1. The van der Waals surface area contributed by atoms with Crippen LogP contribution in [0.4, 0.5) is 9.18 Å². The van der Waals surface area contributed by atoms with E-state index in [1.807, 2.05) is 4.98 Å². The van der Waals surface area contributed by atoms with E-state index in [9.17, 15) is 33.3 Å². The van der Waals surface area contributed by atoms with Gasteiger partial charge in [0.05, 0.1) is 25.5 Å². The maximum atomic E-state index is 13.4. The number of halogens is 1. The van der Waals surface area contributed by atoms with Crippen molar-refractivity contribution in [2.75, 3.05) is 20.1 Å². The van der Waals surface area contributed by atoms with Gasteiger partial charge in [0.15, 0.2) is 6.23 Å². The molecule has 1 aliphatic heterocycles. The highest BCUT2D eigenvalue weighted by atomic mass is 31.2. The number of aliphatic hydroxyl groups excluding tert-OH is 1. The van der Waals surface area contributed by atoms with Gasteiger partial charge in [-0.15, -0.1) is 0 Å². The highest BCUT2D eigenvalue weighted by Crippen LogP contribution is 2.45. The normalized spacial score (nSPS) is 25.8. The van der Waals surface area contributed by atoms with Gasteiger partial charge < -0.3 is 24.2 Å². The van der Waals surface area contributed by atoms with Crippen LogP contribution in [0.5, 0.6) is 0 Å². The van der Waals surface area contributed by atoms with Crippen molar-refractivity contribution in [2.45, 2.75) is 38.4 Å². The van der Waals surface area contributed by atoms with Crippen molar-refractivity contribution in [1.82, 2.24) is 9.55 Å². The summed E-state index contributed by atoms with van der Waals surface area (Å²) in [4.78, 5) is 45.8. The molecule has 170 valence electrons. The molecule has 0 bridgehead atoms. The Balaban J connectivity index is 1.95. The van der Waals surface area contributed by atoms with Gasteiger partial charge in [-0.1, -0.05) is 0 Å².